The monoisotopic (exact) mass is 384 g/mol. The van der Waals surface area contributed by atoms with E-state index >= 15 is 0 Å². The fraction of sp³-hybridized carbons (Fsp3) is 0.150. The van der Waals surface area contributed by atoms with Crippen LogP contribution in [0.5, 0.6) is 5.75 Å². The number of aromatic nitrogens is 1. The molecule has 7 nitrogen and oxygen atoms in total. The number of carboxylic acid groups (broad SMARTS) is 1. The third-order valence-corrected chi connectivity index (χ3v) is 4.14. The first-order chi connectivity index (χ1) is 13.4. The first-order valence-corrected chi connectivity index (χ1v) is 8.34. The van der Waals surface area contributed by atoms with Gasteiger partial charge in [0.05, 0.1) is 13.2 Å². The van der Waals surface area contributed by atoms with Gasteiger partial charge in [0.15, 0.2) is 5.76 Å². The Kier molecular flexibility index (Phi) is 5.39. The average molecular weight is 384 g/mol. The summed E-state index contributed by atoms with van der Waals surface area (Å²) in [7, 11) is 1.52. The van der Waals surface area contributed by atoms with Gasteiger partial charge in [0.2, 0.25) is 0 Å². The van der Waals surface area contributed by atoms with Crippen LogP contribution in [-0.4, -0.2) is 29.2 Å². The first-order valence-electron chi connectivity index (χ1n) is 8.34. The molecule has 0 spiro atoms. The van der Waals surface area contributed by atoms with Gasteiger partial charge in [0.25, 0.3) is 5.91 Å². The SMILES string of the molecule is COc1ccc(C(=O)NC(C)c2onc(-c3ccc(F)cc3)c2C(=O)O)cc1. The minimum Gasteiger partial charge on any atom is -0.497 e. The fourth-order valence-electron chi connectivity index (χ4n) is 2.70. The summed E-state index contributed by atoms with van der Waals surface area (Å²) in [6, 6.07) is 10.9. The molecule has 3 rings (SSSR count). The molecule has 0 aliphatic rings. The van der Waals surface area contributed by atoms with Gasteiger partial charge in [-0.25, -0.2) is 9.18 Å². The number of halogens is 1. The van der Waals surface area contributed by atoms with Crippen molar-refractivity contribution in [3.8, 4) is 17.0 Å². The number of carboxylic acids is 1. The molecule has 0 saturated carbocycles. The number of methoxy groups -OCH3 is 1. The van der Waals surface area contributed by atoms with Crippen molar-refractivity contribution in [2.75, 3.05) is 7.11 Å². The normalized spacial score (nSPS) is 11.7. The maximum Gasteiger partial charge on any atom is 0.341 e. The Morgan fingerprint density at radius 3 is 2.36 bits per heavy atom. The van der Waals surface area contributed by atoms with E-state index < -0.39 is 23.7 Å². The second kappa shape index (κ2) is 7.91. The molecule has 0 bridgehead atoms. The molecule has 1 aromatic heterocycles. The smallest absolute Gasteiger partial charge is 0.341 e. The summed E-state index contributed by atoms with van der Waals surface area (Å²) >= 11 is 0. The molecule has 0 radical (unpaired) electrons. The molecular formula is C20H17FN2O5. The van der Waals surface area contributed by atoms with Crippen molar-refractivity contribution >= 4 is 11.9 Å². The Bertz CT molecular complexity index is 996. The predicted octanol–water partition coefficient (Wildman–Crippen LogP) is 3.68. The molecule has 8 heteroatoms. The standard InChI is InChI=1S/C20H17FN2O5/c1-11(22-19(24)13-5-9-15(27-2)10-6-13)18-16(20(25)26)17(23-28-18)12-3-7-14(21)8-4-12/h3-11H,1-2H3,(H,22,24)(H,25,26). The van der Waals surface area contributed by atoms with Gasteiger partial charge in [0.1, 0.15) is 22.8 Å². The summed E-state index contributed by atoms with van der Waals surface area (Å²) in [5, 5.41) is 16.1. The minimum atomic E-state index is -1.26. The molecule has 0 aliphatic heterocycles. The summed E-state index contributed by atoms with van der Waals surface area (Å²) in [5.74, 6) is -1.53. The molecule has 2 aromatic carbocycles. The minimum absolute atomic E-state index is 0.00585. The van der Waals surface area contributed by atoms with E-state index in [1.54, 1.807) is 31.2 Å². The number of hydrogen-bond donors (Lipinski definition) is 2. The van der Waals surface area contributed by atoms with Gasteiger partial charge < -0.3 is 19.7 Å². The number of ether oxygens (including phenoxy) is 1. The highest BCUT2D eigenvalue weighted by atomic mass is 19.1. The van der Waals surface area contributed by atoms with Crippen LogP contribution in [0.1, 0.15) is 39.4 Å². The lowest BCUT2D eigenvalue weighted by molar-refractivity contribution is 0.0692. The summed E-state index contributed by atoms with van der Waals surface area (Å²) in [6.07, 6.45) is 0. The van der Waals surface area contributed by atoms with E-state index in [1.165, 1.54) is 31.4 Å². The number of aromatic carboxylic acids is 1. The lowest BCUT2D eigenvalue weighted by Crippen LogP contribution is -2.27. The Balaban J connectivity index is 1.86. The van der Waals surface area contributed by atoms with Crippen molar-refractivity contribution in [2.24, 2.45) is 0 Å². The number of nitrogens with zero attached hydrogens (tertiary/aromatic N) is 1. The molecule has 144 valence electrons. The Hall–Kier alpha value is -3.68. The van der Waals surface area contributed by atoms with Crippen LogP contribution >= 0.6 is 0 Å². The van der Waals surface area contributed by atoms with Gasteiger partial charge >= 0.3 is 5.97 Å². The largest absolute Gasteiger partial charge is 0.497 e. The van der Waals surface area contributed by atoms with Crippen molar-refractivity contribution in [1.82, 2.24) is 10.5 Å². The summed E-state index contributed by atoms with van der Waals surface area (Å²) in [6.45, 7) is 1.59. The zero-order valence-electron chi connectivity index (χ0n) is 15.1. The molecule has 0 fully saturated rings. The third-order valence-electron chi connectivity index (χ3n) is 4.14. The Morgan fingerprint density at radius 1 is 1.14 bits per heavy atom. The number of rotatable bonds is 6. The number of hydrogen-bond acceptors (Lipinski definition) is 5. The van der Waals surface area contributed by atoms with Gasteiger partial charge in [-0.1, -0.05) is 5.16 Å². The van der Waals surface area contributed by atoms with E-state index in [4.69, 9.17) is 9.26 Å². The van der Waals surface area contributed by atoms with Crippen LogP contribution in [-0.2, 0) is 0 Å². The number of carbonyl (C=O) groups is 2. The van der Waals surface area contributed by atoms with Crippen molar-refractivity contribution in [2.45, 2.75) is 13.0 Å². The second-order valence-corrected chi connectivity index (χ2v) is 6.01. The first kappa shape index (κ1) is 19.1. The number of benzene rings is 2. The molecule has 28 heavy (non-hydrogen) atoms. The zero-order valence-corrected chi connectivity index (χ0v) is 15.1. The van der Waals surface area contributed by atoms with Crippen molar-refractivity contribution in [3.05, 3.63) is 71.2 Å². The highest BCUT2D eigenvalue weighted by molar-refractivity contribution is 5.97. The van der Waals surface area contributed by atoms with Gasteiger partial charge in [-0.15, -0.1) is 0 Å². The maximum atomic E-state index is 13.1. The molecule has 2 N–H and O–H groups in total. The topological polar surface area (TPSA) is 102 Å². The van der Waals surface area contributed by atoms with Crippen LogP contribution in [0.4, 0.5) is 4.39 Å². The fourth-order valence-corrected chi connectivity index (χ4v) is 2.70. The van der Waals surface area contributed by atoms with E-state index in [2.05, 4.69) is 10.5 Å². The quantitative estimate of drug-likeness (QED) is 0.672. The van der Waals surface area contributed by atoms with E-state index in [1.807, 2.05) is 0 Å². The molecule has 3 aromatic rings. The molecule has 1 atom stereocenters. The van der Waals surface area contributed by atoms with E-state index in [0.29, 0.717) is 16.9 Å². The average Bonchev–Trinajstić information content (AvgIpc) is 3.14. The molecular weight excluding hydrogens is 367 g/mol. The van der Waals surface area contributed by atoms with Crippen LogP contribution in [0.15, 0.2) is 53.1 Å². The molecule has 0 saturated heterocycles. The number of nitrogens with one attached hydrogen (secondary N) is 1. The molecule has 1 heterocycles. The number of carbonyl (C=O) groups excluding carboxylic acids is 1. The van der Waals surface area contributed by atoms with E-state index in [-0.39, 0.29) is 17.0 Å². The van der Waals surface area contributed by atoms with Crippen molar-refractivity contribution < 1.29 is 28.3 Å². The summed E-state index contributed by atoms with van der Waals surface area (Å²) in [4.78, 5) is 24.2. The van der Waals surface area contributed by atoms with E-state index in [0.717, 1.165) is 0 Å². The molecule has 1 unspecified atom stereocenters. The lowest BCUT2D eigenvalue weighted by Gasteiger charge is -2.12. The van der Waals surface area contributed by atoms with Crippen molar-refractivity contribution in [3.63, 3.8) is 0 Å². The number of amides is 1. The van der Waals surface area contributed by atoms with Gasteiger partial charge in [-0.05, 0) is 55.5 Å². The maximum absolute atomic E-state index is 13.1. The Labute approximate surface area is 159 Å². The van der Waals surface area contributed by atoms with Crippen LogP contribution < -0.4 is 10.1 Å². The summed E-state index contributed by atoms with van der Waals surface area (Å²) < 4.78 is 23.4. The van der Waals surface area contributed by atoms with Crippen LogP contribution in [0, 0.1) is 5.82 Å². The lowest BCUT2D eigenvalue weighted by atomic mass is 10.0. The zero-order chi connectivity index (χ0) is 20.3. The molecule has 1 amide bonds. The van der Waals surface area contributed by atoms with Crippen LogP contribution in [0.3, 0.4) is 0 Å². The predicted molar refractivity (Wildman–Crippen MR) is 97.7 cm³/mol. The van der Waals surface area contributed by atoms with Crippen LogP contribution in [0.2, 0.25) is 0 Å². The molecule has 0 aliphatic carbocycles. The van der Waals surface area contributed by atoms with Crippen LogP contribution in [0.25, 0.3) is 11.3 Å². The highest BCUT2D eigenvalue weighted by Crippen LogP contribution is 2.29. The summed E-state index contributed by atoms with van der Waals surface area (Å²) in [5.41, 5.74) is 0.646. The van der Waals surface area contributed by atoms with E-state index in [9.17, 15) is 19.1 Å². The van der Waals surface area contributed by atoms with Crippen molar-refractivity contribution in [1.29, 1.82) is 0 Å². The Morgan fingerprint density at radius 2 is 1.79 bits per heavy atom. The second-order valence-electron chi connectivity index (χ2n) is 6.01. The highest BCUT2D eigenvalue weighted by Gasteiger charge is 2.28. The van der Waals surface area contributed by atoms with Gasteiger partial charge in [0, 0.05) is 11.1 Å². The van der Waals surface area contributed by atoms with Gasteiger partial charge in [-0.2, -0.15) is 0 Å². The van der Waals surface area contributed by atoms with Gasteiger partial charge in [-0.3, -0.25) is 4.79 Å². The third kappa shape index (κ3) is 3.85.